The van der Waals surface area contributed by atoms with Gasteiger partial charge >= 0.3 is 5.97 Å². The zero-order valence-electron chi connectivity index (χ0n) is 9.06. The van der Waals surface area contributed by atoms with Crippen LogP contribution in [0.2, 0.25) is 0 Å². The van der Waals surface area contributed by atoms with E-state index < -0.39 is 5.97 Å². The number of anilines is 1. The average molecular weight is 243 g/mol. The van der Waals surface area contributed by atoms with E-state index in [1.807, 2.05) is 6.92 Å². The minimum absolute atomic E-state index is 0.0606. The Morgan fingerprint density at radius 2 is 2.31 bits per heavy atom. The van der Waals surface area contributed by atoms with Crippen LogP contribution in [-0.4, -0.2) is 47.0 Å². The molecule has 1 heterocycles. The van der Waals surface area contributed by atoms with Crippen LogP contribution in [0.4, 0.5) is 5.13 Å². The average Bonchev–Trinajstić information content (AvgIpc) is 2.73. The minimum atomic E-state index is -1.01. The quantitative estimate of drug-likeness (QED) is 0.796. The third-order valence-corrected chi connectivity index (χ3v) is 2.95. The number of carboxylic acid groups (broad SMARTS) is 1. The van der Waals surface area contributed by atoms with Gasteiger partial charge in [0, 0.05) is 13.6 Å². The highest BCUT2D eigenvalue weighted by atomic mass is 32.1. The van der Waals surface area contributed by atoms with Crippen molar-refractivity contribution >= 4 is 28.3 Å². The number of carbonyl (C=O) groups excluding carboxylic acids is 1. The Morgan fingerprint density at radius 3 is 2.81 bits per heavy atom. The number of hydrogen-bond donors (Lipinski definition) is 2. The molecule has 0 unspecified atom stereocenters. The van der Waals surface area contributed by atoms with Crippen molar-refractivity contribution < 1.29 is 14.7 Å². The molecule has 0 fully saturated rings. The number of thiazole rings is 1. The summed E-state index contributed by atoms with van der Waals surface area (Å²) in [5.74, 6) is -1.07. The van der Waals surface area contributed by atoms with Crippen LogP contribution in [0.25, 0.3) is 0 Å². The third kappa shape index (κ3) is 3.20. The Hall–Kier alpha value is -1.63. The molecule has 0 aliphatic rings. The maximum Gasteiger partial charge on any atom is 0.347 e. The van der Waals surface area contributed by atoms with Gasteiger partial charge in [0.2, 0.25) is 5.91 Å². The second-order valence-electron chi connectivity index (χ2n) is 3.10. The number of carboxylic acids is 1. The lowest BCUT2D eigenvalue weighted by Crippen LogP contribution is -2.31. The molecule has 1 amide bonds. The largest absolute Gasteiger partial charge is 0.477 e. The molecule has 2 N–H and O–H groups in total. The van der Waals surface area contributed by atoms with Crippen molar-refractivity contribution in [3.63, 3.8) is 0 Å². The van der Waals surface area contributed by atoms with Gasteiger partial charge in [0.05, 0.1) is 12.7 Å². The predicted octanol–water partition coefficient (Wildman–Crippen LogP) is 0.731. The molecule has 0 aliphatic heterocycles. The van der Waals surface area contributed by atoms with Crippen LogP contribution in [0.3, 0.4) is 0 Å². The summed E-state index contributed by atoms with van der Waals surface area (Å²) in [7, 11) is 1.70. The molecular formula is C9H13N3O3S. The fraction of sp³-hybridized carbons (Fsp3) is 0.444. The fourth-order valence-corrected chi connectivity index (χ4v) is 1.57. The lowest BCUT2D eigenvalue weighted by atomic mass is 10.5. The van der Waals surface area contributed by atoms with Crippen molar-refractivity contribution in [1.29, 1.82) is 0 Å². The van der Waals surface area contributed by atoms with E-state index in [1.54, 1.807) is 11.9 Å². The van der Waals surface area contributed by atoms with E-state index in [9.17, 15) is 9.59 Å². The Bertz CT molecular complexity index is 391. The molecule has 0 atom stereocenters. The summed E-state index contributed by atoms with van der Waals surface area (Å²) in [5.41, 5.74) is 0. The van der Waals surface area contributed by atoms with Gasteiger partial charge in [-0.25, -0.2) is 9.78 Å². The number of aromatic nitrogens is 1. The second-order valence-corrected chi connectivity index (χ2v) is 4.13. The smallest absolute Gasteiger partial charge is 0.347 e. The second kappa shape index (κ2) is 5.45. The molecule has 1 rings (SSSR count). The molecule has 0 aliphatic carbocycles. The van der Waals surface area contributed by atoms with Gasteiger partial charge in [-0.1, -0.05) is 11.3 Å². The van der Waals surface area contributed by atoms with Crippen LogP contribution in [0.5, 0.6) is 0 Å². The van der Waals surface area contributed by atoms with Crippen LogP contribution < -0.4 is 5.32 Å². The Balaban J connectivity index is 2.48. The van der Waals surface area contributed by atoms with E-state index in [0.717, 1.165) is 11.3 Å². The Labute approximate surface area is 96.9 Å². The molecule has 7 heteroatoms. The highest BCUT2D eigenvalue weighted by Gasteiger charge is 2.10. The number of amides is 1. The molecule has 16 heavy (non-hydrogen) atoms. The highest BCUT2D eigenvalue weighted by molar-refractivity contribution is 7.17. The number of likely N-dealkylation sites (N-methyl/N-ethyl adjacent to an activating group) is 1. The number of aromatic carboxylic acids is 1. The van der Waals surface area contributed by atoms with E-state index in [-0.39, 0.29) is 17.3 Å². The lowest BCUT2D eigenvalue weighted by Gasteiger charge is -2.14. The van der Waals surface area contributed by atoms with E-state index in [1.165, 1.54) is 6.20 Å². The van der Waals surface area contributed by atoms with Gasteiger partial charge in [-0.15, -0.1) is 0 Å². The Kier molecular flexibility index (Phi) is 4.24. The van der Waals surface area contributed by atoms with Gasteiger partial charge in [-0.2, -0.15) is 0 Å². The summed E-state index contributed by atoms with van der Waals surface area (Å²) in [5, 5.41) is 11.9. The summed E-state index contributed by atoms with van der Waals surface area (Å²) in [6.45, 7) is 2.64. The van der Waals surface area contributed by atoms with Crippen molar-refractivity contribution in [2.45, 2.75) is 6.92 Å². The van der Waals surface area contributed by atoms with Crippen molar-refractivity contribution in [3.05, 3.63) is 11.1 Å². The first-order valence-corrected chi connectivity index (χ1v) is 5.53. The van der Waals surface area contributed by atoms with Crippen LogP contribution in [0, 0.1) is 0 Å². The number of rotatable bonds is 5. The van der Waals surface area contributed by atoms with E-state index in [2.05, 4.69) is 10.3 Å². The zero-order chi connectivity index (χ0) is 12.1. The standard InChI is InChI=1S/C9H13N3O3S/c1-3-12(2)7(13)5-11-9-10-4-6(16-9)8(14)15/h4H,3,5H2,1-2H3,(H,10,11)(H,14,15). The first-order valence-electron chi connectivity index (χ1n) is 4.71. The summed E-state index contributed by atoms with van der Waals surface area (Å²) < 4.78 is 0. The molecule has 1 aromatic heterocycles. The first kappa shape index (κ1) is 12.4. The molecule has 0 aromatic carbocycles. The van der Waals surface area contributed by atoms with E-state index >= 15 is 0 Å². The predicted molar refractivity (Wildman–Crippen MR) is 60.9 cm³/mol. The number of hydrogen-bond acceptors (Lipinski definition) is 5. The molecule has 0 spiro atoms. The summed E-state index contributed by atoms with van der Waals surface area (Å²) in [6, 6.07) is 0. The summed E-state index contributed by atoms with van der Waals surface area (Å²) in [4.78, 5) is 27.6. The highest BCUT2D eigenvalue weighted by Crippen LogP contribution is 2.17. The third-order valence-electron chi connectivity index (χ3n) is 2.01. The molecule has 6 nitrogen and oxygen atoms in total. The van der Waals surface area contributed by atoms with Crippen molar-refractivity contribution in [3.8, 4) is 0 Å². The molecule has 0 saturated heterocycles. The van der Waals surface area contributed by atoms with Gasteiger partial charge in [0.25, 0.3) is 0 Å². The molecule has 88 valence electrons. The maximum absolute atomic E-state index is 11.4. The zero-order valence-corrected chi connectivity index (χ0v) is 9.87. The summed E-state index contributed by atoms with van der Waals surface area (Å²) >= 11 is 1.01. The van der Waals surface area contributed by atoms with Gasteiger partial charge in [0.15, 0.2) is 5.13 Å². The van der Waals surface area contributed by atoms with Crippen molar-refractivity contribution in [2.75, 3.05) is 25.5 Å². The molecule has 0 bridgehead atoms. The van der Waals surface area contributed by atoms with E-state index in [0.29, 0.717) is 11.7 Å². The minimum Gasteiger partial charge on any atom is -0.477 e. The van der Waals surface area contributed by atoms with Crippen LogP contribution in [-0.2, 0) is 4.79 Å². The molecule has 0 saturated carbocycles. The lowest BCUT2D eigenvalue weighted by molar-refractivity contribution is -0.127. The maximum atomic E-state index is 11.4. The molecule has 0 radical (unpaired) electrons. The van der Waals surface area contributed by atoms with E-state index in [4.69, 9.17) is 5.11 Å². The van der Waals surface area contributed by atoms with Crippen LogP contribution in [0.15, 0.2) is 6.20 Å². The fourth-order valence-electron chi connectivity index (χ4n) is 0.917. The Morgan fingerprint density at radius 1 is 1.62 bits per heavy atom. The number of nitrogens with one attached hydrogen (secondary N) is 1. The van der Waals surface area contributed by atoms with Gasteiger partial charge in [-0.3, -0.25) is 4.79 Å². The molecular weight excluding hydrogens is 230 g/mol. The monoisotopic (exact) mass is 243 g/mol. The van der Waals surface area contributed by atoms with Crippen LogP contribution >= 0.6 is 11.3 Å². The van der Waals surface area contributed by atoms with Crippen LogP contribution in [0.1, 0.15) is 16.6 Å². The topological polar surface area (TPSA) is 82.5 Å². The van der Waals surface area contributed by atoms with Gasteiger partial charge in [-0.05, 0) is 6.92 Å². The normalized spacial score (nSPS) is 9.88. The number of nitrogens with zero attached hydrogens (tertiary/aromatic N) is 2. The van der Waals surface area contributed by atoms with Crippen molar-refractivity contribution in [2.24, 2.45) is 0 Å². The molecule has 1 aromatic rings. The first-order chi connectivity index (χ1) is 7.54. The van der Waals surface area contributed by atoms with Gasteiger partial charge in [0.1, 0.15) is 4.88 Å². The van der Waals surface area contributed by atoms with Gasteiger partial charge < -0.3 is 15.3 Å². The summed E-state index contributed by atoms with van der Waals surface area (Å²) in [6.07, 6.45) is 1.27. The number of carbonyl (C=O) groups is 2. The SMILES string of the molecule is CCN(C)C(=O)CNc1ncc(C(=O)O)s1. The van der Waals surface area contributed by atoms with Crippen molar-refractivity contribution in [1.82, 2.24) is 9.88 Å².